The molecule has 1 N–H and O–H groups in total. The largest absolute Gasteiger partial charge is 0.444 e. The van der Waals surface area contributed by atoms with Crippen molar-refractivity contribution in [3.05, 3.63) is 64.5 Å². The van der Waals surface area contributed by atoms with E-state index in [9.17, 15) is 41.1 Å². The molecule has 0 saturated carbocycles. The smallest absolute Gasteiger partial charge is 0.410 e. The number of carbonyl (C=O) groups excluding carboxylic acids is 4. The molecular weight excluding hydrogens is 579 g/mol. The Kier molecular flexibility index (Phi) is 13.0. The molecule has 2 heterocycles. The van der Waals surface area contributed by atoms with Gasteiger partial charge in [0.05, 0.1) is 0 Å². The molecule has 2 fully saturated rings. The van der Waals surface area contributed by atoms with E-state index < -0.39 is 29.1 Å². The number of nitrogens with zero attached hydrogens (tertiary/aromatic N) is 3. The predicted molar refractivity (Wildman–Crippen MR) is 149 cm³/mol. The van der Waals surface area contributed by atoms with Crippen LogP contribution in [-0.2, 0) is 9.53 Å². The van der Waals surface area contributed by atoms with E-state index in [2.05, 4.69) is 5.32 Å². The van der Waals surface area contributed by atoms with Crippen molar-refractivity contribution in [3.63, 3.8) is 0 Å². The number of carbonyl (C=O) groups is 4. The molecule has 0 aromatic heterocycles. The third-order valence-electron chi connectivity index (χ3n) is 6.13. The Morgan fingerprint density at radius 3 is 1.58 bits per heavy atom. The molecule has 2 aromatic rings. The summed E-state index contributed by atoms with van der Waals surface area (Å²) in [6.45, 7) is 11.9. The van der Waals surface area contributed by atoms with Crippen LogP contribution in [0.2, 0.25) is 0 Å². The summed E-state index contributed by atoms with van der Waals surface area (Å²) in [5.74, 6) is -5.82. The van der Waals surface area contributed by atoms with Crippen LogP contribution in [0.1, 0.15) is 48.4 Å². The van der Waals surface area contributed by atoms with Crippen LogP contribution in [0, 0.1) is 29.1 Å². The number of piperazine rings is 2. The number of halogens is 5. The second-order valence-corrected chi connectivity index (χ2v) is 10.6. The van der Waals surface area contributed by atoms with Crippen molar-refractivity contribution >= 4 is 30.3 Å². The molecular formula is C29H35F5N4O5. The van der Waals surface area contributed by atoms with Crippen LogP contribution in [0.3, 0.4) is 0 Å². The first kappa shape index (κ1) is 35.1. The fourth-order valence-corrected chi connectivity index (χ4v) is 4.02. The molecule has 2 saturated heterocycles. The van der Waals surface area contributed by atoms with E-state index in [0.717, 1.165) is 38.3 Å². The number of benzene rings is 2. The summed E-state index contributed by atoms with van der Waals surface area (Å²) >= 11 is 0. The van der Waals surface area contributed by atoms with Crippen molar-refractivity contribution in [1.29, 1.82) is 0 Å². The number of amides is 2. The molecule has 236 valence electrons. The monoisotopic (exact) mass is 614 g/mol. The van der Waals surface area contributed by atoms with Gasteiger partial charge in [0.1, 0.15) is 35.5 Å². The zero-order chi connectivity index (χ0) is 32.3. The Labute approximate surface area is 246 Å². The van der Waals surface area contributed by atoms with Crippen molar-refractivity contribution in [2.45, 2.75) is 33.3 Å². The van der Waals surface area contributed by atoms with E-state index in [1.165, 1.54) is 6.92 Å². The third kappa shape index (κ3) is 10.9. The standard InChI is InChI=1S/C13H14F2N2O2.C9H18N2O2.C7H3F3O/c1-9(19)16-2-4-17(5-3-16)13-11(14)6-10(8-18)7-12(13)15;1-9(2,3)13-8(12)11-6-4-10-5-7-11;8-5-1-4(3-11)2-6(9)7(5)10/h6-8H,2-5H2,1H3;10H,4-7H2,1-3H3;1-3H. The molecule has 0 radical (unpaired) electrons. The normalized spacial score (nSPS) is 15.0. The van der Waals surface area contributed by atoms with Crippen LogP contribution in [0.5, 0.6) is 0 Å². The number of nitrogens with one attached hydrogen (secondary N) is 1. The Balaban J connectivity index is 0.000000236. The van der Waals surface area contributed by atoms with Crippen molar-refractivity contribution in [2.75, 3.05) is 57.3 Å². The molecule has 0 atom stereocenters. The maximum absolute atomic E-state index is 13.8. The number of hydrogen-bond acceptors (Lipinski definition) is 7. The van der Waals surface area contributed by atoms with E-state index in [1.54, 1.807) is 14.7 Å². The highest BCUT2D eigenvalue weighted by Crippen LogP contribution is 2.25. The molecule has 2 amide bonds. The SMILES string of the molecule is CC(=O)N1CCN(c2c(F)cc(C=O)cc2F)CC1.CC(C)(C)OC(=O)N1CCNCC1.O=Cc1cc(F)c(F)c(F)c1. The number of anilines is 1. The van der Waals surface area contributed by atoms with Crippen molar-refractivity contribution in [3.8, 4) is 0 Å². The highest BCUT2D eigenvalue weighted by molar-refractivity contribution is 5.76. The van der Waals surface area contributed by atoms with Crippen molar-refractivity contribution in [1.82, 2.24) is 15.1 Å². The Morgan fingerprint density at radius 1 is 0.744 bits per heavy atom. The van der Waals surface area contributed by atoms with Gasteiger partial charge in [0.2, 0.25) is 5.91 Å². The van der Waals surface area contributed by atoms with Crippen LogP contribution in [-0.4, -0.2) is 92.3 Å². The van der Waals surface area contributed by atoms with Gasteiger partial charge in [0.15, 0.2) is 17.5 Å². The maximum atomic E-state index is 13.8. The second-order valence-electron chi connectivity index (χ2n) is 10.6. The number of rotatable bonds is 3. The van der Waals surface area contributed by atoms with Crippen LogP contribution in [0.25, 0.3) is 0 Å². The van der Waals surface area contributed by atoms with Gasteiger partial charge in [-0.15, -0.1) is 0 Å². The molecule has 2 aliphatic rings. The minimum Gasteiger partial charge on any atom is -0.444 e. The first-order valence-corrected chi connectivity index (χ1v) is 13.4. The summed E-state index contributed by atoms with van der Waals surface area (Å²) in [7, 11) is 0. The molecule has 4 rings (SSSR count). The molecule has 2 aliphatic heterocycles. The van der Waals surface area contributed by atoms with Crippen LogP contribution < -0.4 is 10.2 Å². The molecule has 9 nitrogen and oxygen atoms in total. The molecule has 0 aliphatic carbocycles. The Hall–Kier alpha value is -4.07. The average molecular weight is 615 g/mol. The summed E-state index contributed by atoms with van der Waals surface area (Å²) in [5, 5.41) is 3.18. The first-order valence-electron chi connectivity index (χ1n) is 13.4. The fourth-order valence-electron chi connectivity index (χ4n) is 4.02. The minimum absolute atomic E-state index is 0.0267. The van der Waals surface area contributed by atoms with Gasteiger partial charge >= 0.3 is 6.09 Å². The lowest BCUT2D eigenvalue weighted by Gasteiger charge is -2.35. The van der Waals surface area contributed by atoms with Crippen molar-refractivity contribution in [2.24, 2.45) is 0 Å². The highest BCUT2D eigenvalue weighted by Gasteiger charge is 2.24. The fraction of sp³-hybridized carbons (Fsp3) is 0.448. The Bertz CT molecular complexity index is 1240. The lowest BCUT2D eigenvalue weighted by Crippen LogP contribution is -2.48. The third-order valence-corrected chi connectivity index (χ3v) is 6.13. The number of hydrogen-bond donors (Lipinski definition) is 1. The van der Waals surface area contributed by atoms with Crippen LogP contribution in [0.15, 0.2) is 24.3 Å². The topological polar surface area (TPSA) is 99.3 Å². The maximum Gasteiger partial charge on any atom is 0.410 e. The van der Waals surface area contributed by atoms with Gasteiger partial charge in [-0.1, -0.05) is 0 Å². The van der Waals surface area contributed by atoms with E-state index in [1.807, 2.05) is 20.8 Å². The van der Waals surface area contributed by atoms with Gasteiger partial charge in [-0.05, 0) is 45.0 Å². The Morgan fingerprint density at radius 2 is 1.19 bits per heavy atom. The van der Waals surface area contributed by atoms with Gasteiger partial charge in [0, 0.05) is 70.4 Å². The van der Waals surface area contributed by atoms with E-state index in [-0.39, 0.29) is 40.7 Å². The van der Waals surface area contributed by atoms with Gasteiger partial charge < -0.3 is 24.8 Å². The van der Waals surface area contributed by atoms with Crippen molar-refractivity contribution < 1.29 is 45.9 Å². The molecule has 14 heteroatoms. The van der Waals surface area contributed by atoms with Gasteiger partial charge in [-0.3, -0.25) is 14.4 Å². The highest BCUT2D eigenvalue weighted by atomic mass is 19.2. The predicted octanol–water partition coefficient (Wildman–Crippen LogP) is 4.19. The van der Waals surface area contributed by atoms with Gasteiger partial charge in [0.25, 0.3) is 0 Å². The molecule has 0 unspecified atom stereocenters. The van der Waals surface area contributed by atoms with E-state index >= 15 is 0 Å². The zero-order valence-corrected chi connectivity index (χ0v) is 24.4. The summed E-state index contributed by atoms with van der Waals surface area (Å²) < 4.78 is 69.6. The second kappa shape index (κ2) is 16.0. The summed E-state index contributed by atoms with van der Waals surface area (Å²) in [4.78, 5) is 48.1. The van der Waals surface area contributed by atoms with Crippen LogP contribution in [0.4, 0.5) is 32.4 Å². The first-order chi connectivity index (χ1) is 20.2. The van der Waals surface area contributed by atoms with Gasteiger partial charge in [-0.2, -0.15) is 0 Å². The number of ether oxygens (including phenoxy) is 1. The summed E-state index contributed by atoms with van der Waals surface area (Å²) in [6, 6.07) is 3.29. The lowest BCUT2D eigenvalue weighted by molar-refractivity contribution is -0.129. The molecule has 43 heavy (non-hydrogen) atoms. The average Bonchev–Trinajstić information content (AvgIpc) is 2.95. The summed E-state index contributed by atoms with van der Waals surface area (Å²) in [6.07, 6.45) is 0.448. The van der Waals surface area contributed by atoms with E-state index in [4.69, 9.17) is 4.74 Å². The quantitative estimate of drug-likeness (QED) is 0.315. The van der Waals surface area contributed by atoms with E-state index in [0.29, 0.717) is 44.6 Å². The number of aldehydes is 2. The minimum atomic E-state index is -1.56. The molecule has 2 aromatic carbocycles. The van der Waals surface area contributed by atoms with Crippen LogP contribution >= 0.6 is 0 Å². The van der Waals surface area contributed by atoms with Gasteiger partial charge in [-0.25, -0.2) is 26.7 Å². The molecule has 0 spiro atoms. The zero-order valence-electron chi connectivity index (χ0n) is 24.4. The summed E-state index contributed by atoms with van der Waals surface area (Å²) in [5.41, 5.74) is -0.765. The molecule has 0 bridgehead atoms. The lowest BCUT2D eigenvalue weighted by atomic mass is 10.1.